The van der Waals surface area contributed by atoms with Gasteiger partial charge in [0.15, 0.2) is 0 Å². The lowest BCUT2D eigenvalue weighted by atomic mass is 9.91. The van der Waals surface area contributed by atoms with E-state index in [1.54, 1.807) is 0 Å². The summed E-state index contributed by atoms with van der Waals surface area (Å²) < 4.78 is 30.2. The van der Waals surface area contributed by atoms with Gasteiger partial charge in [0.05, 0.1) is 10.9 Å². The van der Waals surface area contributed by atoms with Crippen molar-refractivity contribution in [2.75, 3.05) is 0 Å². The van der Waals surface area contributed by atoms with Crippen LogP contribution in [0, 0.1) is 20.8 Å². The first-order valence-electron chi connectivity index (χ1n) is 14.0. The summed E-state index contributed by atoms with van der Waals surface area (Å²) in [7, 11) is -4.44. The molecule has 1 aliphatic rings. The first-order valence-corrected chi connectivity index (χ1v) is 16.8. The molecule has 1 aliphatic carbocycles. The van der Waals surface area contributed by atoms with Crippen molar-refractivity contribution >= 4 is 40.1 Å². The lowest BCUT2D eigenvalue weighted by Gasteiger charge is -2.30. The Morgan fingerprint density at radius 3 is 1.95 bits per heavy atom. The molecule has 4 aromatic rings. The van der Waals surface area contributed by atoms with E-state index in [1.807, 2.05) is 39.1 Å². The molecule has 0 heterocycles. The highest BCUT2D eigenvalue weighted by Gasteiger charge is 2.31. The van der Waals surface area contributed by atoms with Crippen molar-refractivity contribution in [3.8, 4) is 0 Å². The second-order valence-electron chi connectivity index (χ2n) is 10.7. The van der Waals surface area contributed by atoms with Crippen molar-refractivity contribution in [1.82, 2.24) is 4.72 Å². The Kier molecular flexibility index (Phi) is 8.95. The maximum Gasteiger partial charge on any atom is 0.241 e. The average molecular weight is 569 g/mol. The van der Waals surface area contributed by atoms with Gasteiger partial charge in [0.1, 0.15) is 0 Å². The summed E-state index contributed by atoms with van der Waals surface area (Å²) in [5.74, 6) is 0. The van der Waals surface area contributed by atoms with E-state index < -0.39 is 17.9 Å². The SMILES string of the molecule is Cc1cc(C)c(S(=O)(=O)N[C@@H]2CCCC[C@H]2N=Cc2ccccc2P(c2ccccc2)c2ccccc2)c(C)c1. The monoisotopic (exact) mass is 568 g/mol. The third-order valence-corrected chi connectivity index (χ3v) is 11.8. The van der Waals surface area contributed by atoms with Gasteiger partial charge in [-0.15, -0.1) is 0 Å². The van der Waals surface area contributed by atoms with Gasteiger partial charge in [-0.05, 0) is 68.6 Å². The van der Waals surface area contributed by atoms with E-state index in [0.717, 1.165) is 47.9 Å². The Hall–Kier alpha value is -3.11. The third kappa shape index (κ3) is 6.44. The van der Waals surface area contributed by atoms with Crippen LogP contribution in [0.25, 0.3) is 0 Å². The zero-order valence-electron chi connectivity index (χ0n) is 23.4. The van der Waals surface area contributed by atoms with Gasteiger partial charge < -0.3 is 0 Å². The van der Waals surface area contributed by atoms with E-state index in [4.69, 9.17) is 4.99 Å². The van der Waals surface area contributed by atoms with Crippen molar-refractivity contribution in [3.63, 3.8) is 0 Å². The smallest absolute Gasteiger partial charge is 0.241 e. The standard InChI is InChI=1S/C34H37N2O2PS/c1-25-22-26(2)34(27(3)23-25)40(37,38)36-32-20-12-11-19-31(32)35-24-28-14-10-13-21-33(28)39(29-15-6-4-7-16-29)30-17-8-5-9-18-30/h4-10,13-18,21-24,31-32,36H,11-12,19-20H2,1-3H3/t31-,32-/m1/s1. The summed E-state index contributed by atoms with van der Waals surface area (Å²) in [6.07, 6.45) is 5.67. The van der Waals surface area contributed by atoms with Crippen LogP contribution in [0.5, 0.6) is 0 Å². The van der Waals surface area contributed by atoms with Crippen LogP contribution in [0.15, 0.2) is 107 Å². The third-order valence-electron chi connectivity index (χ3n) is 7.52. The molecular weight excluding hydrogens is 531 g/mol. The van der Waals surface area contributed by atoms with Gasteiger partial charge in [0, 0.05) is 17.8 Å². The first kappa shape index (κ1) is 28.4. The molecule has 4 nitrogen and oxygen atoms in total. The zero-order valence-corrected chi connectivity index (χ0v) is 25.1. The molecule has 0 unspecified atom stereocenters. The van der Waals surface area contributed by atoms with Gasteiger partial charge in [0.2, 0.25) is 10.0 Å². The first-order chi connectivity index (χ1) is 19.3. The fourth-order valence-electron chi connectivity index (χ4n) is 5.83. The van der Waals surface area contributed by atoms with E-state index in [2.05, 4.69) is 89.7 Å². The van der Waals surface area contributed by atoms with E-state index in [-0.39, 0.29) is 12.1 Å². The molecule has 1 fully saturated rings. The summed E-state index contributed by atoms with van der Waals surface area (Å²) in [5.41, 5.74) is 3.72. The Balaban J connectivity index is 1.46. The van der Waals surface area contributed by atoms with Crippen LogP contribution in [0.3, 0.4) is 0 Å². The fraction of sp³-hybridized carbons (Fsp3) is 0.265. The summed E-state index contributed by atoms with van der Waals surface area (Å²) in [6.45, 7) is 5.74. The average Bonchev–Trinajstić information content (AvgIpc) is 2.94. The van der Waals surface area contributed by atoms with Crippen LogP contribution in [-0.4, -0.2) is 26.7 Å². The van der Waals surface area contributed by atoms with E-state index in [0.29, 0.717) is 4.90 Å². The largest absolute Gasteiger partial charge is 0.288 e. The van der Waals surface area contributed by atoms with Gasteiger partial charge in [-0.3, -0.25) is 4.99 Å². The van der Waals surface area contributed by atoms with Crippen molar-refractivity contribution < 1.29 is 8.42 Å². The lowest BCUT2D eigenvalue weighted by molar-refractivity contribution is 0.363. The fourth-order valence-corrected chi connectivity index (χ4v) is 10.0. The van der Waals surface area contributed by atoms with Crippen LogP contribution in [0.2, 0.25) is 0 Å². The highest BCUT2D eigenvalue weighted by atomic mass is 32.2. The topological polar surface area (TPSA) is 58.5 Å². The van der Waals surface area contributed by atoms with E-state index in [1.165, 1.54) is 15.9 Å². The van der Waals surface area contributed by atoms with Crippen LogP contribution < -0.4 is 20.6 Å². The zero-order chi connectivity index (χ0) is 28.1. The number of nitrogens with zero attached hydrogens (tertiary/aromatic N) is 1. The quantitative estimate of drug-likeness (QED) is 0.207. The van der Waals surface area contributed by atoms with Crippen LogP contribution in [0.4, 0.5) is 0 Å². The number of rotatable bonds is 8. The number of hydrogen-bond acceptors (Lipinski definition) is 3. The lowest BCUT2D eigenvalue weighted by Crippen LogP contribution is -2.44. The summed E-state index contributed by atoms with van der Waals surface area (Å²) in [5, 5.41) is 3.82. The molecule has 0 saturated heterocycles. The highest BCUT2D eigenvalue weighted by Crippen LogP contribution is 2.34. The van der Waals surface area contributed by atoms with Gasteiger partial charge in [-0.1, -0.05) is 115 Å². The number of aliphatic imine (C=N–C) groups is 1. The number of hydrogen-bond donors (Lipinski definition) is 1. The minimum Gasteiger partial charge on any atom is -0.288 e. The molecule has 0 bridgehead atoms. The molecule has 40 heavy (non-hydrogen) atoms. The molecular formula is C34H37N2O2PS. The molecule has 1 saturated carbocycles. The van der Waals surface area contributed by atoms with Crippen molar-refractivity contribution in [2.24, 2.45) is 4.99 Å². The van der Waals surface area contributed by atoms with Crippen molar-refractivity contribution in [1.29, 1.82) is 0 Å². The molecule has 4 aromatic carbocycles. The number of benzene rings is 4. The number of nitrogens with one attached hydrogen (secondary N) is 1. The van der Waals surface area contributed by atoms with Crippen LogP contribution >= 0.6 is 7.92 Å². The normalized spacial score (nSPS) is 17.9. The van der Waals surface area contributed by atoms with Crippen molar-refractivity contribution in [2.45, 2.75) is 63.4 Å². The maximum atomic E-state index is 13.6. The van der Waals surface area contributed by atoms with E-state index in [9.17, 15) is 8.42 Å². The highest BCUT2D eigenvalue weighted by molar-refractivity contribution is 7.89. The second kappa shape index (κ2) is 12.6. The van der Waals surface area contributed by atoms with Gasteiger partial charge in [0.25, 0.3) is 0 Å². The molecule has 0 amide bonds. The molecule has 5 rings (SSSR count). The maximum absolute atomic E-state index is 13.6. The van der Waals surface area contributed by atoms with Gasteiger partial charge in [-0.25, -0.2) is 13.1 Å². The Morgan fingerprint density at radius 1 is 0.775 bits per heavy atom. The molecule has 6 heteroatoms. The predicted octanol–water partition coefficient (Wildman–Crippen LogP) is 6.08. The molecule has 0 aromatic heterocycles. The Morgan fingerprint density at radius 2 is 1.32 bits per heavy atom. The number of aryl methyl sites for hydroxylation is 3. The van der Waals surface area contributed by atoms with Crippen LogP contribution in [-0.2, 0) is 10.0 Å². The molecule has 1 N–H and O–H groups in total. The molecule has 0 aliphatic heterocycles. The van der Waals surface area contributed by atoms with Crippen molar-refractivity contribution in [3.05, 3.63) is 119 Å². The van der Waals surface area contributed by atoms with Gasteiger partial charge >= 0.3 is 0 Å². The summed E-state index contributed by atoms with van der Waals surface area (Å²) >= 11 is 0. The second-order valence-corrected chi connectivity index (χ2v) is 14.5. The minimum absolute atomic E-state index is 0.109. The molecule has 0 radical (unpaired) electrons. The molecule has 206 valence electrons. The minimum atomic E-state index is -3.67. The predicted molar refractivity (Wildman–Crippen MR) is 170 cm³/mol. The van der Waals surface area contributed by atoms with E-state index >= 15 is 0 Å². The molecule has 2 atom stereocenters. The Labute approximate surface area is 240 Å². The van der Waals surface area contributed by atoms with Crippen LogP contribution in [0.1, 0.15) is 47.9 Å². The summed E-state index contributed by atoms with van der Waals surface area (Å²) in [4.78, 5) is 5.46. The van der Waals surface area contributed by atoms with Gasteiger partial charge in [-0.2, -0.15) is 0 Å². The Bertz CT molecular complexity index is 1520. The summed E-state index contributed by atoms with van der Waals surface area (Å²) in [6, 6.07) is 33.3. The molecule has 0 spiro atoms. The number of sulfonamides is 1.